The number of carbonyl (C=O) groups excluding carboxylic acids is 2. The minimum absolute atomic E-state index is 0.0361. The van der Waals surface area contributed by atoms with E-state index in [1.54, 1.807) is 36.5 Å². The number of likely N-dealkylation sites (tertiary alicyclic amines) is 1. The van der Waals surface area contributed by atoms with Crippen molar-refractivity contribution in [1.82, 2.24) is 30.3 Å². The van der Waals surface area contributed by atoms with Gasteiger partial charge >= 0.3 is 0 Å². The normalized spacial score (nSPS) is 18.3. The van der Waals surface area contributed by atoms with E-state index in [4.69, 9.17) is 0 Å². The lowest BCUT2D eigenvalue weighted by Crippen LogP contribution is -2.55. The average Bonchev–Trinajstić information content (AvgIpc) is 3.53. The Balaban J connectivity index is 1.34. The lowest BCUT2D eigenvalue weighted by Gasteiger charge is -2.39. The lowest BCUT2D eigenvalue weighted by molar-refractivity contribution is -0.136. The number of hydrogen-bond donors (Lipinski definition) is 2. The molecule has 3 aromatic heterocycles. The van der Waals surface area contributed by atoms with Crippen LogP contribution in [0.25, 0.3) is 22.2 Å². The summed E-state index contributed by atoms with van der Waals surface area (Å²) in [5.74, 6) is -0.00552. The number of nitrogens with one attached hydrogen (secondary N) is 2. The van der Waals surface area contributed by atoms with E-state index in [1.807, 2.05) is 43.3 Å². The molecule has 36 heavy (non-hydrogen) atoms. The Labute approximate surface area is 214 Å². The number of aromatic nitrogens is 3. The largest absolute Gasteiger partial charge is 0.348 e. The maximum absolute atomic E-state index is 13.3. The zero-order valence-corrected chi connectivity index (χ0v) is 21.5. The molecular formula is C27H30N6O2S. The Hall–Kier alpha value is -3.56. The van der Waals surface area contributed by atoms with Gasteiger partial charge in [0.25, 0.3) is 5.91 Å². The number of benzene rings is 1. The summed E-state index contributed by atoms with van der Waals surface area (Å²) in [7, 11) is 3.60. The van der Waals surface area contributed by atoms with E-state index >= 15 is 0 Å². The van der Waals surface area contributed by atoms with Crippen LogP contribution in [0.3, 0.4) is 0 Å². The topological polar surface area (TPSA) is 94.2 Å². The second-order valence-corrected chi connectivity index (χ2v) is 10.6. The molecule has 2 N–H and O–H groups in total. The first-order valence-electron chi connectivity index (χ1n) is 12.1. The van der Waals surface area contributed by atoms with Gasteiger partial charge in [-0.1, -0.05) is 6.07 Å². The second kappa shape index (κ2) is 10.2. The fraction of sp³-hybridized carbons (Fsp3) is 0.333. The minimum atomic E-state index is -0.177. The smallest absolute Gasteiger partial charge is 0.251 e. The molecule has 8 nitrogen and oxygen atoms in total. The number of likely N-dealkylation sites (N-methyl/N-ethyl adjacent to an activating group) is 1. The van der Waals surface area contributed by atoms with Crippen molar-refractivity contribution < 1.29 is 9.59 Å². The molecule has 4 heterocycles. The van der Waals surface area contributed by atoms with Gasteiger partial charge in [0, 0.05) is 66.5 Å². The molecule has 9 heteroatoms. The predicted octanol–water partition coefficient (Wildman–Crippen LogP) is 3.85. The monoisotopic (exact) mass is 502 g/mol. The second-order valence-electron chi connectivity index (χ2n) is 9.52. The van der Waals surface area contributed by atoms with Crippen molar-refractivity contribution in [3.8, 4) is 11.3 Å². The number of aromatic amines is 1. The highest BCUT2D eigenvalue weighted by Crippen LogP contribution is 2.28. The van der Waals surface area contributed by atoms with Gasteiger partial charge in [-0.25, -0.2) is 0 Å². The molecule has 0 aliphatic carbocycles. The summed E-state index contributed by atoms with van der Waals surface area (Å²) in [5, 5.41) is 13.7. The first-order chi connectivity index (χ1) is 17.4. The number of H-pyrrole nitrogens is 1. The maximum Gasteiger partial charge on any atom is 0.251 e. The molecule has 2 amide bonds. The van der Waals surface area contributed by atoms with Crippen LogP contribution in [0.5, 0.6) is 0 Å². The number of aryl methyl sites for hydroxylation is 1. The summed E-state index contributed by atoms with van der Waals surface area (Å²) in [6.07, 6.45) is 3.23. The van der Waals surface area contributed by atoms with Gasteiger partial charge in [-0.2, -0.15) is 5.10 Å². The van der Waals surface area contributed by atoms with E-state index in [-0.39, 0.29) is 23.9 Å². The van der Waals surface area contributed by atoms with Crippen molar-refractivity contribution in [2.45, 2.75) is 38.4 Å². The summed E-state index contributed by atoms with van der Waals surface area (Å²) in [5.41, 5.74) is 4.13. The standard InChI is InChI=1S/C27H30N6O2S/c1-17-13-18(10-11-28-17)25-22-14-19(6-8-23(22)30-31-25)26(34)29-20-7-9-24(27(35)32(2)3)33(15-20)16-21-5-4-12-36-21/h4-6,8,10-14,20,24H,7,9,15-16H2,1-3H3,(H,29,34)(H,30,31)/t20-,24+/m1/s1. The Morgan fingerprint density at radius 1 is 1.19 bits per heavy atom. The number of fused-ring (bicyclic) bond motifs is 1. The van der Waals surface area contributed by atoms with Crippen molar-refractivity contribution in [2.75, 3.05) is 20.6 Å². The lowest BCUT2D eigenvalue weighted by atomic mass is 9.96. The van der Waals surface area contributed by atoms with Gasteiger partial charge < -0.3 is 10.2 Å². The molecule has 0 bridgehead atoms. The van der Waals surface area contributed by atoms with Crippen LogP contribution in [0.4, 0.5) is 0 Å². The summed E-state index contributed by atoms with van der Waals surface area (Å²) in [6.45, 7) is 3.27. The minimum Gasteiger partial charge on any atom is -0.348 e. The molecule has 186 valence electrons. The number of nitrogens with zero attached hydrogens (tertiary/aromatic N) is 4. The molecule has 1 fully saturated rings. The van der Waals surface area contributed by atoms with E-state index in [0.717, 1.165) is 34.3 Å². The summed E-state index contributed by atoms with van der Waals surface area (Å²) >= 11 is 1.69. The van der Waals surface area contributed by atoms with Gasteiger partial charge in [-0.3, -0.25) is 24.6 Å². The van der Waals surface area contributed by atoms with Crippen LogP contribution in [0.15, 0.2) is 54.0 Å². The maximum atomic E-state index is 13.3. The van der Waals surface area contributed by atoms with Crippen LogP contribution in [0.2, 0.25) is 0 Å². The van der Waals surface area contributed by atoms with E-state index < -0.39 is 0 Å². The van der Waals surface area contributed by atoms with Crippen LogP contribution in [0, 0.1) is 6.92 Å². The van der Waals surface area contributed by atoms with Crippen molar-refractivity contribution in [1.29, 1.82) is 0 Å². The van der Waals surface area contributed by atoms with Crippen molar-refractivity contribution in [3.05, 3.63) is 70.2 Å². The molecule has 0 radical (unpaired) electrons. The SMILES string of the molecule is Cc1cc(-c2n[nH]c3ccc(C(=O)N[C@@H]4CC[C@@H](C(=O)N(C)C)N(Cc5cccs5)C4)cc23)ccn1. The number of carbonyl (C=O) groups is 2. The van der Waals surface area contributed by atoms with Crippen LogP contribution in [0.1, 0.15) is 33.8 Å². The van der Waals surface area contributed by atoms with E-state index in [1.165, 1.54) is 4.88 Å². The summed E-state index contributed by atoms with van der Waals surface area (Å²) < 4.78 is 0. The Morgan fingerprint density at radius 3 is 2.81 bits per heavy atom. The molecule has 2 atom stereocenters. The molecule has 1 aromatic carbocycles. The average molecular weight is 503 g/mol. The Morgan fingerprint density at radius 2 is 2.06 bits per heavy atom. The molecule has 0 spiro atoms. The van der Waals surface area contributed by atoms with Crippen LogP contribution < -0.4 is 5.32 Å². The van der Waals surface area contributed by atoms with Crippen LogP contribution in [-0.4, -0.2) is 69.5 Å². The van der Waals surface area contributed by atoms with Gasteiger partial charge in [-0.15, -0.1) is 11.3 Å². The van der Waals surface area contributed by atoms with Gasteiger partial charge in [0.2, 0.25) is 5.91 Å². The van der Waals surface area contributed by atoms with Gasteiger partial charge in [0.05, 0.1) is 11.6 Å². The molecule has 4 aromatic rings. The zero-order valence-electron chi connectivity index (χ0n) is 20.7. The molecular weight excluding hydrogens is 472 g/mol. The number of piperidine rings is 1. The van der Waals surface area contributed by atoms with Crippen LogP contribution in [-0.2, 0) is 11.3 Å². The molecule has 1 saturated heterocycles. The Bertz CT molecular complexity index is 1380. The molecule has 1 aliphatic heterocycles. The highest BCUT2D eigenvalue weighted by atomic mass is 32.1. The van der Waals surface area contributed by atoms with Crippen LogP contribution >= 0.6 is 11.3 Å². The third-order valence-corrected chi connectivity index (χ3v) is 7.54. The van der Waals surface area contributed by atoms with Crippen molar-refractivity contribution >= 4 is 34.1 Å². The fourth-order valence-electron chi connectivity index (χ4n) is 4.85. The number of hydrogen-bond acceptors (Lipinski definition) is 6. The van der Waals surface area contributed by atoms with Gasteiger partial charge in [0.15, 0.2) is 0 Å². The molecule has 5 rings (SSSR count). The molecule has 0 unspecified atom stereocenters. The quantitative estimate of drug-likeness (QED) is 0.418. The Kier molecular flexibility index (Phi) is 6.84. The highest BCUT2D eigenvalue weighted by Gasteiger charge is 2.34. The van der Waals surface area contributed by atoms with E-state index in [0.29, 0.717) is 25.1 Å². The third-order valence-electron chi connectivity index (χ3n) is 6.68. The summed E-state index contributed by atoms with van der Waals surface area (Å²) in [4.78, 5) is 35.5. The highest BCUT2D eigenvalue weighted by molar-refractivity contribution is 7.09. The molecule has 0 saturated carbocycles. The third kappa shape index (κ3) is 5.03. The van der Waals surface area contributed by atoms with Crippen molar-refractivity contribution in [2.24, 2.45) is 0 Å². The molecule has 1 aliphatic rings. The van der Waals surface area contributed by atoms with Gasteiger partial charge in [0.1, 0.15) is 5.69 Å². The van der Waals surface area contributed by atoms with E-state index in [2.05, 4.69) is 36.8 Å². The summed E-state index contributed by atoms with van der Waals surface area (Å²) in [6, 6.07) is 13.4. The fourth-order valence-corrected chi connectivity index (χ4v) is 5.58. The number of rotatable bonds is 6. The number of pyridine rings is 1. The first-order valence-corrected chi connectivity index (χ1v) is 13.0. The number of thiophene rings is 1. The predicted molar refractivity (Wildman–Crippen MR) is 142 cm³/mol. The zero-order chi connectivity index (χ0) is 25.2. The van der Waals surface area contributed by atoms with Gasteiger partial charge in [-0.05, 0) is 61.5 Å². The number of amides is 2. The van der Waals surface area contributed by atoms with Crippen molar-refractivity contribution in [3.63, 3.8) is 0 Å². The first kappa shape index (κ1) is 24.1. The van der Waals surface area contributed by atoms with E-state index in [9.17, 15) is 9.59 Å².